The highest BCUT2D eigenvalue weighted by molar-refractivity contribution is 6.01. The van der Waals surface area contributed by atoms with E-state index in [-0.39, 0.29) is 5.69 Å². The van der Waals surface area contributed by atoms with E-state index in [2.05, 4.69) is 11.5 Å². The quantitative estimate of drug-likeness (QED) is 0.512. The van der Waals surface area contributed by atoms with Crippen molar-refractivity contribution in [3.05, 3.63) is 83.6 Å². The molecule has 4 rings (SSSR count). The molecule has 0 amide bonds. The number of hydrogen-bond donors (Lipinski definition) is 2. The number of fused-ring (bicyclic) bond motifs is 1. The van der Waals surface area contributed by atoms with Gasteiger partial charge in [0.05, 0.1) is 0 Å². The minimum absolute atomic E-state index is 0.0387. The van der Waals surface area contributed by atoms with Gasteiger partial charge in [0, 0.05) is 55.7 Å². The van der Waals surface area contributed by atoms with E-state index < -0.39 is 18.0 Å². The van der Waals surface area contributed by atoms with Gasteiger partial charge in [0.1, 0.15) is 11.7 Å². The zero-order valence-corrected chi connectivity index (χ0v) is 18.8. The molecule has 1 saturated heterocycles. The Hall–Kier alpha value is -3.42. The van der Waals surface area contributed by atoms with Crippen LogP contribution in [-0.4, -0.2) is 69.2 Å². The number of para-hydroxylation sites is 1. The van der Waals surface area contributed by atoms with Gasteiger partial charge in [-0.15, -0.1) is 0 Å². The number of hydrogen-bond acceptors (Lipinski definition) is 4. The van der Waals surface area contributed by atoms with Crippen molar-refractivity contribution in [2.24, 2.45) is 0 Å². The molecule has 33 heavy (non-hydrogen) atoms. The summed E-state index contributed by atoms with van der Waals surface area (Å²) in [5.41, 5.74) is 3.13. The number of rotatable bonds is 8. The second kappa shape index (κ2) is 9.60. The van der Waals surface area contributed by atoms with Crippen LogP contribution in [0, 0.1) is 0 Å². The van der Waals surface area contributed by atoms with Gasteiger partial charge < -0.3 is 14.8 Å². The van der Waals surface area contributed by atoms with Crippen LogP contribution >= 0.6 is 0 Å². The number of carbonyl (C=O) groups is 2. The van der Waals surface area contributed by atoms with E-state index in [4.69, 9.17) is 0 Å². The average molecular weight is 448 g/mol. The van der Waals surface area contributed by atoms with Crippen molar-refractivity contribution in [1.82, 2.24) is 14.4 Å². The highest BCUT2D eigenvalue weighted by atomic mass is 16.4. The number of aromatic carboxylic acids is 1. The molecule has 2 heterocycles. The first-order valence-electron chi connectivity index (χ1n) is 11.1. The van der Waals surface area contributed by atoms with Gasteiger partial charge in [0.15, 0.2) is 0 Å². The molecule has 1 aromatic heterocycles. The maximum absolute atomic E-state index is 12.6. The van der Waals surface area contributed by atoms with Crippen LogP contribution in [0.15, 0.2) is 66.7 Å². The van der Waals surface area contributed by atoms with Crippen LogP contribution in [0.1, 0.15) is 34.6 Å². The van der Waals surface area contributed by atoms with E-state index in [0.717, 1.165) is 23.2 Å². The Labute approximate surface area is 193 Å². The molecule has 1 unspecified atom stereocenters. The molecule has 1 atom stereocenters. The maximum atomic E-state index is 12.6. The minimum atomic E-state index is -1.12. The molecule has 0 bridgehead atoms. The summed E-state index contributed by atoms with van der Waals surface area (Å²) in [6.45, 7) is 9.58. The summed E-state index contributed by atoms with van der Waals surface area (Å²) in [5.74, 6) is -2.15. The first-order valence-corrected chi connectivity index (χ1v) is 11.1. The van der Waals surface area contributed by atoms with Gasteiger partial charge in [-0.2, -0.15) is 0 Å². The SMILES string of the molecule is C=C(C)CN1CCN(C(C(=O)O)c2c(C(=O)O)n(Cc3ccccc3)c3ccccc23)CC1. The van der Waals surface area contributed by atoms with Crippen molar-refractivity contribution in [3.8, 4) is 0 Å². The molecule has 3 aromatic rings. The average Bonchev–Trinajstić information content (AvgIpc) is 3.09. The van der Waals surface area contributed by atoms with E-state index in [1.165, 1.54) is 0 Å². The van der Waals surface area contributed by atoms with E-state index >= 15 is 0 Å². The molecule has 7 nitrogen and oxygen atoms in total. The monoisotopic (exact) mass is 447 g/mol. The Morgan fingerprint density at radius 3 is 2.21 bits per heavy atom. The van der Waals surface area contributed by atoms with Crippen molar-refractivity contribution in [3.63, 3.8) is 0 Å². The molecule has 2 N–H and O–H groups in total. The molecular formula is C26H29N3O4. The second-order valence-corrected chi connectivity index (χ2v) is 8.67. The lowest BCUT2D eigenvalue weighted by molar-refractivity contribution is -0.144. The van der Waals surface area contributed by atoms with Crippen LogP contribution in [0.3, 0.4) is 0 Å². The Bertz CT molecular complexity index is 1180. The van der Waals surface area contributed by atoms with Crippen LogP contribution in [0.25, 0.3) is 10.9 Å². The zero-order chi connectivity index (χ0) is 23.5. The van der Waals surface area contributed by atoms with E-state index in [1.807, 2.05) is 66.4 Å². The van der Waals surface area contributed by atoms with Gasteiger partial charge in [-0.25, -0.2) is 4.79 Å². The molecular weight excluding hydrogens is 418 g/mol. The summed E-state index contributed by atoms with van der Waals surface area (Å²) in [4.78, 5) is 29.2. The molecule has 7 heteroatoms. The fourth-order valence-electron chi connectivity index (χ4n) is 4.79. The first kappa shape index (κ1) is 22.8. The van der Waals surface area contributed by atoms with Gasteiger partial charge in [-0.3, -0.25) is 14.6 Å². The predicted molar refractivity (Wildman–Crippen MR) is 128 cm³/mol. The summed E-state index contributed by atoms with van der Waals surface area (Å²) < 4.78 is 1.73. The van der Waals surface area contributed by atoms with Crippen molar-refractivity contribution in [1.29, 1.82) is 0 Å². The standard InChI is InChI=1S/C26H29N3O4/c1-18(2)16-27-12-14-28(15-13-27)23(25(30)31)22-20-10-6-7-11-21(20)29(24(22)26(32)33)17-19-8-4-3-5-9-19/h3-11,23H,1,12-17H2,2H3,(H,30,31)(H,32,33). The van der Waals surface area contributed by atoms with Gasteiger partial charge in [-0.1, -0.05) is 60.7 Å². The fraction of sp³-hybridized carbons (Fsp3) is 0.308. The molecule has 0 spiro atoms. The number of carboxylic acid groups (broad SMARTS) is 2. The highest BCUT2D eigenvalue weighted by Crippen LogP contribution is 2.35. The fourth-order valence-corrected chi connectivity index (χ4v) is 4.79. The number of nitrogens with zero attached hydrogens (tertiary/aromatic N) is 3. The summed E-state index contributed by atoms with van der Waals surface area (Å²) >= 11 is 0. The van der Waals surface area contributed by atoms with Crippen LogP contribution in [0.5, 0.6) is 0 Å². The minimum Gasteiger partial charge on any atom is -0.480 e. The Morgan fingerprint density at radius 1 is 0.970 bits per heavy atom. The van der Waals surface area contributed by atoms with Gasteiger partial charge in [0.25, 0.3) is 0 Å². The second-order valence-electron chi connectivity index (χ2n) is 8.67. The van der Waals surface area contributed by atoms with Crippen LogP contribution in [0.4, 0.5) is 0 Å². The topological polar surface area (TPSA) is 86.0 Å². The van der Waals surface area contributed by atoms with Crippen LogP contribution in [-0.2, 0) is 11.3 Å². The molecule has 172 valence electrons. The van der Waals surface area contributed by atoms with Gasteiger partial charge in [0.2, 0.25) is 0 Å². The molecule has 2 aromatic carbocycles. The van der Waals surface area contributed by atoms with Gasteiger partial charge in [-0.05, 0) is 18.6 Å². The number of carboxylic acids is 2. The molecule has 1 aliphatic heterocycles. The van der Waals surface area contributed by atoms with E-state index in [0.29, 0.717) is 43.7 Å². The van der Waals surface area contributed by atoms with Crippen molar-refractivity contribution in [2.75, 3.05) is 32.7 Å². The zero-order valence-electron chi connectivity index (χ0n) is 18.8. The van der Waals surface area contributed by atoms with Crippen molar-refractivity contribution >= 4 is 22.8 Å². The summed E-state index contributed by atoms with van der Waals surface area (Å²) in [6.07, 6.45) is 0. The summed E-state index contributed by atoms with van der Waals surface area (Å²) in [7, 11) is 0. The largest absolute Gasteiger partial charge is 0.480 e. The molecule has 1 aliphatic rings. The lowest BCUT2D eigenvalue weighted by Crippen LogP contribution is -2.49. The summed E-state index contributed by atoms with van der Waals surface area (Å²) in [6, 6.07) is 15.9. The maximum Gasteiger partial charge on any atom is 0.352 e. The lowest BCUT2D eigenvalue weighted by atomic mass is 10.00. The van der Waals surface area contributed by atoms with Crippen molar-refractivity contribution < 1.29 is 19.8 Å². The normalized spacial score (nSPS) is 16.0. The third-order valence-electron chi connectivity index (χ3n) is 6.17. The Balaban J connectivity index is 1.80. The molecule has 0 radical (unpaired) electrons. The predicted octanol–water partition coefficient (Wildman–Crippen LogP) is 3.71. The number of benzene rings is 2. The molecule has 0 aliphatic carbocycles. The van der Waals surface area contributed by atoms with Crippen LogP contribution in [0.2, 0.25) is 0 Å². The number of aliphatic carboxylic acids is 1. The molecule has 0 saturated carbocycles. The van der Waals surface area contributed by atoms with Crippen LogP contribution < -0.4 is 0 Å². The number of aromatic nitrogens is 1. The smallest absolute Gasteiger partial charge is 0.352 e. The third-order valence-corrected chi connectivity index (χ3v) is 6.17. The van der Waals surface area contributed by atoms with Crippen molar-refractivity contribution in [2.45, 2.75) is 19.5 Å². The summed E-state index contributed by atoms with van der Waals surface area (Å²) in [5, 5.41) is 21.2. The third kappa shape index (κ3) is 4.69. The van der Waals surface area contributed by atoms with Gasteiger partial charge >= 0.3 is 11.9 Å². The van der Waals surface area contributed by atoms with E-state index in [9.17, 15) is 19.8 Å². The Kier molecular flexibility index (Phi) is 6.62. The highest BCUT2D eigenvalue weighted by Gasteiger charge is 2.37. The molecule has 1 fully saturated rings. The lowest BCUT2D eigenvalue weighted by Gasteiger charge is -2.38. The number of piperazine rings is 1. The van der Waals surface area contributed by atoms with E-state index in [1.54, 1.807) is 4.57 Å². The first-order chi connectivity index (χ1) is 15.9. The Morgan fingerprint density at radius 2 is 1.61 bits per heavy atom.